The van der Waals surface area contributed by atoms with E-state index < -0.39 is 0 Å². The molecule has 3 heterocycles. The molecule has 1 saturated heterocycles. The van der Waals surface area contributed by atoms with Crippen LogP contribution >= 0.6 is 0 Å². The molecule has 1 aliphatic heterocycles. The van der Waals surface area contributed by atoms with Crippen molar-refractivity contribution < 1.29 is 9.47 Å². The van der Waals surface area contributed by atoms with Crippen molar-refractivity contribution in [2.45, 2.75) is 32.4 Å². The molecule has 1 aliphatic rings. The summed E-state index contributed by atoms with van der Waals surface area (Å²) in [5.74, 6) is 1.29. The number of aromatic nitrogens is 4. The van der Waals surface area contributed by atoms with Gasteiger partial charge in [0.1, 0.15) is 6.10 Å². The molecule has 0 saturated carbocycles. The molecule has 7 nitrogen and oxygen atoms in total. The van der Waals surface area contributed by atoms with E-state index in [1.54, 1.807) is 7.11 Å². The second-order valence-electron chi connectivity index (χ2n) is 6.26. The minimum atomic E-state index is 0.117. The van der Waals surface area contributed by atoms with Gasteiger partial charge in [0, 0.05) is 45.9 Å². The number of rotatable bonds is 7. The van der Waals surface area contributed by atoms with Crippen LogP contribution in [0.2, 0.25) is 0 Å². The van der Waals surface area contributed by atoms with Crippen LogP contribution in [0, 0.1) is 5.92 Å². The molecule has 0 bridgehead atoms. The highest BCUT2D eigenvalue weighted by atomic mass is 16.5. The van der Waals surface area contributed by atoms with Gasteiger partial charge in [-0.05, 0) is 18.9 Å². The van der Waals surface area contributed by atoms with Crippen molar-refractivity contribution in [2.75, 3.05) is 20.3 Å². The van der Waals surface area contributed by atoms with Crippen molar-refractivity contribution in [1.29, 1.82) is 0 Å². The van der Waals surface area contributed by atoms with Crippen LogP contribution in [0.4, 0.5) is 0 Å². The number of hydrogen-bond donors (Lipinski definition) is 1. The topological polar surface area (TPSA) is 66.1 Å². The molecule has 1 fully saturated rings. The smallest absolute Gasteiger partial charge is 0.216 e. The van der Waals surface area contributed by atoms with Crippen LogP contribution in [0.25, 0.3) is 0 Å². The van der Waals surface area contributed by atoms with Gasteiger partial charge in [0.15, 0.2) is 0 Å². The number of nitrogens with zero attached hydrogens (tertiary/aromatic N) is 4. The summed E-state index contributed by atoms with van der Waals surface area (Å²) in [7, 11) is 5.59. The van der Waals surface area contributed by atoms with Gasteiger partial charge in [0.05, 0.1) is 24.1 Å². The van der Waals surface area contributed by atoms with E-state index in [1.807, 2.05) is 35.7 Å². The largest absolute Gasteiger partial charge is 0.481 e. The Balaban J connectivity index is 1.63. The molecule has 2 atom stereocenters. The van der Waals surface area contributed by atoms with Crippen LogP contribution in [0.1, 0.15) is 36.4 Å². The van der Waals surface area contributed by atoms with Gasteiger partial charge in [-0.1, -0.05) is 6.92 Å². The fraction of sp³-hybridized carbons (Fsp3) is 0.647. The van der Waals surface area contributed by atoms with Crippen LogP contribution in [-0.2, 0) is 31.8 Å². The Morgan fingerprint density at radius 2 is 2.21 bits per heavy atom. The minimum Gasteiger partial charge on any atom is -0.481 e. The Morgan fingerprint density at radius 3 is 2.88 bits per heavy atom. The maximum atomic E-state index is 5.95. The minimum absolute atomic E-state index is 0.117. The Bertz CT molecular complexity index is 679. The average Bonchev–Trinajstić information content (AvgIpc) is 3.26. The summed E-state index contributed by atoms with van der Waals surface area (Å²) in [4.78, 5) is 0. The number of ether oxygens (including phenoxy) is 2. The average molecular weight is 333 g/mol. The van der Waals surface area contributed by atoms with Crippen LogP contribution in [-0.4, -0.2) is 39.8 Å². The highest BCUT2D eigenvalue weighted by Crippen LogP contribution is 2.33. The molecular weight excluding hydrogens is 306 g/mol. The standard InChI is InChI=1S/C17H27N5O2/c1-5-14-13(17(23-4)22(3)20-14)11-18-10-12-7-9-24-16(12)15-6-8-19-21(15)2/h6,8,12,16,18H,5,7,9-11H2,1-4H3/t12-,16+/m0/s1. The summed E-state index contributed by atoms with van der Waals surface area (Å²) in [6.07, 6.45) is 3.91. The number of aryl methyl sites for hydroxylation is 3. The zero-order chi connectivity index (χ0) is 17.1. The second-order valence-corrected chi connectivity index (χ2v) is 6.26. The fourth-order valence-corrected chi connectivity index (χ4v) is 3.54. The quantitative estimate of drug-likeness (QED) is 0.833. The molecule has 24 heavy (non-hydrogen) atoms. The summed E-state index contributed by atoms with van der Waals surface area (Å²) in [6.45, 7) is 4.58. The lowest BCUT2D eigenvalue weighted by Gasteiger charge is -2.19. The molecule has 0 unspecified atom stereocenters. The number of nitrogens with one attached hydrogen (secondary N) is 1. The maximum absolute atomic E-state index is 5.95. The molecular formula is C17H27N5O2. The van der Waals surface area contributed by atoms with E-state index in [0.29, 0.717) is 5.92 Å². The maximum Gasteiger partial charge on any atom is 0.216 e. The van der Waals surface area contributed by atoms with Gasteiger partial charge in [0.25, 0.3) is 0 Å². The molecule has 132 valence electrons. The van der Waals surface area contributed by atoms with Gasteiger partial charge in [0.2, 0.25) is 5.88 Å². The summed E-state index contributed by atoms with van der Waals surface area (Å²) >= 11 is 0. The van der Waals surface area contributed by atoms with E-state index in [-0.39, 0.29) is 6.10 Å². The second kappa shape index (κ2) is 7.36. The van der Waals surface area contributed by atoms with E-state index in [1.165, 1.54) is 0 Å². The molecule has 0 radical (unpaired) electrons. The van der Waals surface area contributed by atoms with Crippen molar-refractivity contribution in [3.8, 4) is 5.88 Å². The molecule has 1 N–H and O–H groups in total. The van der Waals surface area contributed by atoms with E-state index in [9.17, 15) is 0 Å². The van der Waals surface area contributed by atoms with Crippen LogP contribution in [0.15, 0.2) is 12.3 Å². The van der Waals surface area contributed by atoms with E-state index in [4.69, 9.17) is 9.47 Å². The van der Waals surface area contributed by atoms with Crippen molar-refractivity contribution >= 4 is 0 Å². The lowest BCUT2D eigenvalue weighted by molar-refractivity contribution is 0.0837. The number of hydrogen-bond acceptors (Lipinski definition) is 5. The SMILES string of the molecule is CCc1nn(C)c(OC)c1CNC[C@@H]1CCO[C@H]1c1ccnn1C. The van der Waals surface area contributed by atoms with E-state index in [2.05, 4.69) is 22.4 Å². The lowest BCUT2D eigenvalue weighted by Crippen LogP contribution is -2.26. The zero-order valence-electron chi connectivity index (χ0n) is 15.0. The van der Waals surface area contributed by atoms with Gasteiger partial charge in [-0.3, -0.25) is 4.68 Å². The highest BCUT2D eigenvalue weighted by molar-refractivity contribution is 5.31. The first-order chi connectivity index (χ1) is 11.7. The van der Waals surface area contributed by atoms with Crippen LogP contribution < -0.4 is 10.1 Å². The fourth-order valence-electron chi connectivity index (χ4n) is 3.54. The van der Waals surface area contributed by atoms with Crippen molar-refractivity contribution in [3.05, 3.63) is 29.2 Å². The van der Waals surface area contributed by atoms with Crippen LogP contribution in [0.5, 0.6) is 5.88 Å². The molecule has 3 rings (SSSR count). The predicted molar refractivity (Wildman–Crippen MR) is 90.9 cm³/mol. The first-order valence-corrected chi connectivity index (χ1v) is 8.54. The van der Waals surface area contributed by atoms with E-state index in [0.717, 1.165) is 55.4 Å². The first kappa shape index (κ1) is 17.0. The van der Waals surface area contributed by atoms with Crippen molar-refractivity contribution in [2.24, 2.45) is 20.0 Å². The summed E-state index contributed by atoms with van der Waals surface area (Å²) < 4.78 is 15.2. The number of methoxy groups -OCH3 is 1. The third-order valence-electron chi connectivity index (χ3n) is 4.77. The summed E-state index contributed by atoms with van der Waals surface area (Å²) in [5.41, 5.74) is 3.39. The predicted octanol–water partition coefficient (Wildman–Crippen LogP) is 1.59. The van der Waals surface area contributed by atoms with Gasteiger partial charge < -0.3 is 14.8 Å². The molecule has 2 aromatic heterocycles. The Morgan fingerprint density at radius 1 is 1.38 bits per heavy atom. The molecule has 0 aliphatic carbocycles. The summed E-state index contributed by atoms with van der Waals surface area (Å²) in [6, 6.07) is 2.04. The lowest BCUT2D eigenvalue weighted by atomic mass is 9.99. The molecule has 0 aromatic carbocycles. The third kappa shape index (κ3) is 3.18. The molecule has 2 aromatic rings. The molecule has 0 spiro atoms. The third-order valence-corrected chi connectivity index (χ3v) is 4.77. The van der Waals surface area contributed by atoms with Crippen molar-refractivity contribution in [1.82, 2.24) is 24.9 Å². The van der Waals surface area contributed by atoms with Gasteiger partial charge in [-0.15, -0.1) is 0 Å². The first-order valence-electron chi connectivity index (χ1n) is 8.54. The molecule has 0 amide bonds. The molecule has 7 heteroatoms. The highest BCUT2D eigenvalue weighted by Gasteiger charge is 2.31. The Labute approximate surface area is 142 Å². The normalized spacial score (nSPS) is 20.7. The zero-order valence-corrected chi connectivity index (χ0v) is 15.0. The Hall–Kier alpha value is -1.86. The monoisotopic (exact) mass is 333 g/mol. The van der Waals surface area contributed by atoms with Gasteiger partial charge >= 0.3 is 0 Å². The van der Waals surface area contributed by atoms with E-state index >= 15 is 0 Å². The van der Waals surface area contributed by atoms with Crippen molar-refractivity contribution in [3.63, 3.8) is 0 Å². The van der Waals surface area contributed by atoms with Gasteiger partial charge in [-0.25, -0.2) is 4.68 Å². The summed E-state index contributed by atoms with van der Waals surface area (Å²) in [5, 5.41) is 12.4. The van der Waals surface area contributed by atoms with Gasteiger partial charge in [-0.2, -0.15) is 10.2 Å². The van der Waals surface area contributed by atoms with Crippen LogP contribution in [0.3, 0.4) is 0 Å². The Kier molecular flexibility index (Phi) is 5.20.